The molecule has 0 aliphatic rings. The maximum Gasteiger partial charge on any atom is 0.313 e. The molecule has 0 heterocycles. The lowest BCUT2D eigenvalue weighted by Gasteiger charge is -2.29. The van der Waals surface area contributed by atoms with E-state index in [0.29, 0.717) is 19.6 Å². The van der Waals surface area contributed by atoms with Gasteiger partial charge in [0.05, 0.1) is 18.6 Å². The molecule has 20 heavy (non-hydrogen) atoms. The van der Waals surface area contributed by atoms with Gasteiger partial charge in [-0.3, -0.25) is 4.79 Å². The van der Waals surface area contributed by atoms with Crippen molar-refractivity contribution in [2.75, 3.05) is 19.8 Å². The van der Waals surface area contributed by atoms with Crippen molar-refractivity contribution >= 4 is 5.97 Å². The quantitative estimate of drug-likeness (QED) is 0.706. The highest BCUT2D eigenvalue weighted by Gasteiger charge is 2.37. The predicted octanol–water partition coefficient (Wildman–Crippen LogP) is 2.76. The van der Waals surface area contributed by atoms with Gasteiger partial charge in [-0.25, -0.2) is 0 Å². The zero-order valence-electron chi connectivity index (χ0n) is 12.4. The number of ether oxygens (including phenoxy) is 2. The van der Waals surface area contributed by atoms with Gasteiger partial charge in [-0.15, -0.1) is 0 Å². The lowest BCUT2D eigenvalue weighted by molar-refractivity contribution is -0.156. The van der Waals surface area contributed by atoms with Crippen molar-refractivity contribution in [3.8, 4) is 5.75 Å². The fourth-order valence-corrected chi connectivity index (χ4v) is 2.26. The van der Waals surface area contributed by atoms with Crippen LogP contribution in [0.4, 0.5) is 0 Å². The van der Waals surface area contributed by atoms with Gasteiger partial charge < -0.3 is 15.2 Å². The van der Waals surface area contributed by atoms with Gasteiger partial charge in [0, 0.05) is 6.54 Å². The standard InChI is InChI=1S/C16H25NO3/c1-3-10-16(13-17,15(18)19-4-2)11-12-20-14-8-6-5-7-9-14/h5-9H,3-4,10-13,17H2,1-2H3. The summed E-state index contributed by atoms with van der Waals surface area (Å²) in [7, 11) is 0. The molecule has 0 radical (unpaired) electrons. The average Bonchev–Trinajstić information content (AvgIpc) is 2.47. The number of benzene rings is 1. The van der Waals surface area contributed by atoms with Crippen molar-refractivity contribution in [3.05, 3.63) is 30.3 Å². The number of esters is 1. The highest BCUT2D eigenvalue weighted by atomic mass is 16.5. The van der Waals surface area contributed by atoms with Crippen LogP contribution in [0.2, 0.25) is 0 Å². The van der Waals surface area contributed by atoms with E-state index in [4.69, 9.17) is 15.2 Å². The molecule has 0 aliphatic carbocycles. The second-order valence-electron chi connectivity index (χ2n) is 4.87. The molecule has 1 rings (SSSR count). The van der Waals surface area contributed by atoms with Gasteiger partial charge in [-0.2, -0.15) is 0 Å². The number of carbonyl (C=O) groups excluding carboxylic acids is 1. The normalized spacial score (nSPS) is 13.6. The van der Waals surface area contributed by atoms with E-state index in [-0.39, 0.29) is 12.5 Å². The summed E-state index contributed by atoms with van der Waals surface area (Å²) in [5.74, 6) is 0.597. The maximum atomic E-state index is 12.2. The Morgan fingerprint density at radius 1 is 1.20 bits per heavy atom. The first-order valence-corrected chi connectivity index (χ1v) is 7.23. The molecular formula is C16H25NO3. The van der Waals surface area contributed by atoms with Gasteiger partial charge in [0.25, 0.3) is 0 Å². The average molecular weight is 279 g/mol. The van der Waals surface area contributed by atoms with Gasteiger partial charge in [0.15, 0.2) is 0 Å². The highest BCUT2D eigenvalue weighted by Crippen LogP contribution is 2.29. The summed E-state index contributed by atoms with van der Waals surface area (Å²) in [5.41, 5.74) is 5.22. The number of nitrogens with two attached hydrogens (primary N) is 1. The third kappa shape index (κ3) is 4.53. The molecule has 4 nitrogen and oxygen atoms in total. The second-order valence-corrected chi connectivity index (χ2v) is 4.87. The molecule has 1 aromatic carbocycles. The van der Waals surface area contributed by atoms with Gasteiger partial charge >= 0.3 is 5.97 Å². The molecule has 0 saturated heterocycles. The fraction of sp³-hybridized carbons (Fsp3) is 0.562. The largest absolute Gasteiger partial charge is 0.494 e. The van der Waals surface area contributed by atoms with Crippen molar-refractivity contribution in [2.24, 2.45) is 11.1 Å². The Kier molecular flexibility index (Phi) is 7.09. The van der Waals surface area contributed by atoms with Crippen LogP contribution in [-0.2, 0) is 9.53 Å². The van der Waals surface area contributed by atoms with E-state index in [0.717, 1.165) is 18.6 Å². The van der Waals surface area contributed by atoms with Crippen LogP contribution in [0.25, 0.3) is 0 Å². The smallest absolute Gasteiger partial charge is 0.313 e. The van der Waals surface area contributed by atoms with Crippen LogP contribution < -0.4 is 10.5 Å². The van der Waals surface area contributed by atoms with E-state index in [1.54, 1.807) is 0 Å². The second kappa shape index (κ2) is 8.59. The van der Waals surface area contributed by atoms with E-state index in [1.165, 1.54) is 0 Å². The SMILES string of the molecule is CCCC(CN)(CCOc1ccccc1)C(=O)OCC. The molecule has 1 aromatic rings. The lowest BCUT2D eigenvalue weighted by atomic mass is 9.80. The first-order valence-electron chi connectivity index (χ1n) is 7.23. The maximum absolute atomic E-state index is 12.2. The molecule has 0 saturated carbocycles. The number of para-hydroxylation sites is 1. The Bertz CT molecular complexity index is 394. The molecule has 0 aromatic heterocycles. The molecule has 0 spiro atoms. The lowest BCUT2D eigenvalue weighted by Crippen LogP contribution is -2.41. The van der Waals surface area contributed by atoms with Crippen molar-refractivity contribution < 1.29 is 14.3 Å². The number of carbonyl (C=O) groups is 1. The Morgan fingerprint density at radius 2 is 1.90 bits per heavy atom. The fourth-order valence-electron chi connectivity index (χ4n) is 2.26. The summed E-state index contributed by atoms with van der Waals surface area (Å²) >= 11 is 0. The summed E-state index contributed by atoms with van der Waals surface area (Å²) in [6, 6.07) is 9.57. The van der Waals surface area contributed by atoms with Crippen LogP contribution in [0.3, 0.4) is 0 Å². The molecule has 1 atom stereocenters. The van der Waals surface area contributed by atoms with E-state index < -0.39 is 5.41 Å². The van der Waals surface area contributed by atoms with Crippen LogP contribution in [0.1, 0.15) is 33.1 Å². The highest BCUT2D eigenvalue weighted by molar-refractivity contribution is 5.77. The Morgan fingerprint density at radius 3 is 2.45 bits per heavy atom. The Hall–Kier alpha value is -1.55. The third-order valence-electron chi connectivity index (χ3n) is 3.42. The van der Waals surface area contributed by atoms with E-state index in [9.17, 15) is 4.79 Å². The molecule has 0 aliphatic heterocycles. The zero-order valence-corrected chi connectivity index (χ0v) is 12.4. The van der Waals surface area contributed by atoms with Crippen LogP contribution in [-0.4, -0.2) is 25.7 Å². The monoisotopic (exact) mass is 279 g/mol. The Labute approximate surface area is 121 Å². The topological polar surface area (TPSA) is 61.5 Å². The van der Waals surface area contributed by atoms with E-state index >= 15 is 0 Å². The van der Waals surface area contributed by atoms with Crippen LogP contribution in [0.15, 0.2) is 30.3 Å². The number of hydrogen-bond acceptors (Lipinski definition) is 4. The minimum atomic E-state index is -0.625. The zero-order chi connectivity index (χ0) is 14.8. The molecule has 0 amide bonds. The van der Waals surface area contributed by atoms with Gasteiger partial charge in [0.2, 0.25) is 0 Å². The summed E-state index contributed by atoms with van der Waals surface area (Å²) in [6.45, 7) is 4.98. The van der Waals surface area contributed by atoms with Crippen molar-refractivity contribution in [1.82, 2.24) is 0 Å². The van der Waals surface area contributed by atoms with Crippen LogP contribution >= 0.6 is 0 Å². The molecule has 2 N–H and O–H groups in total. The van der Waals surface area contributed by atoms with Crippen molar-refractivity contribution in [1.29, 1.82) is 0 Å². The molecule has 112 valence electrons. The first kappa shape index (κ1) is 16.5. The van der Waals surface area contributed by atoms with Crippen molar-refractivity contribution in [2.45, 2.75) is 33.1 Å². The predicted molar refractivity (Wildman–Crippen MR) is 79.6 cm³/mol. The van der Waals surface area contributed by atoms with Crippen molar-refractivity contribution in [3.63, 3.8) is 0 Å². The minimum Gasteiger partial charge on any atom is -0.494 e. The summed E-state index contributed by atoms with van der Waals surface area (Å²) in [6.07, 6.45) is 2.19. The van der Waals surface area contributed by atoms with E-state index in [2.05, 4.69) is 0 Å². The van der Waals surface area contributed by atoms with Crippen LogP contribution in [0, 0.1) is 5.41 Å². The van der Waals surface area contributed by atoms with Gasteiger partial charge in [-0.05, 0) is 31.9 Å². The summed E-state index contributed by atoms with van der Waals surface area (Å²) < 4.78 is 10.9. The summed E-state index contributed by atoms with van der Waals surface area (Å²) in [5, 5.41) is 0. The first-order chi connectivity index (χ1) is 9.68. The number of rotatable bonds is 9. The third-order valence-corrected chi connectivity index (χ3v) is 3.42. The Balaban J connectivity index is 2.62. The molecule has 1 unspecified atom stereocenters. The van der Waals surface area contributed by atoms with Gasteiger partial charge in [-0.1, -0.05) is 31.5 Å². The number of hydrogen-bond donors (Lipinski definition) is 1. The van der Waals surface area contributed by atoms with E-state index in [1.807, 2.05) is 44.2 Å². The molecule has 0 fully saturated rings. The molecule has 4 heteroatoms. The summed E-state index contributed by atoms with van der Waals surface area (Å²) in [4.78, 5) is 12.2. The minimum absolute atomic E-state index is 0.207. The van der Waals surface area contributed by atoms with Crippen LogP contribution in [0.5, 0.6) is 5.75 Å². The van der Waals surface area contributed by atoms with Gasteiger partial charge in [0.1, 0.15) is 5.75 Å². The molecule has 0 bridgehead atoms. The molecular weight excluding hydrogens is 254 g/mol.